The summed E-state index contributed by atoms with van der Waals surface area (Å²) >= 11 is 0. The second-order valence-electron chi connectivity index (χ2n) is 5.29. The van der Waals surface area contributed by atoms with Gasteiger partial charge in [-0.3, -0.25) is 4.79 Å². The lowest BCUT2D eigenvalue weighted by atomic mass is 10.0. The van der Waals surface area contributed by atoms with Crippen LogP contribution in [-0.2, 0) is 4.79 Å². The van der Waals surface area contributed by atoms with Crippen LogP contribution < -0.4 is 15.8 Å². The quantitative estimate of drug-likeness (QED) is 0.768. The average molecular weight is 278 g/mol. The van der Waals surface area contributed by atoms with Crippen molar-refractivity contribution in [2.45, 2.75) is 39.2 Å². The van der Waals surface area contributed by atoms with Crippen molar-refractivity contribution in [2.24, 2.45) is 11.7 Å². The molecule has 4 nitrogen and oxygen atoms in total. The number of methoxy groups -OCH3 is 1. The summed E-state index contributed by atoms with van der Waals surface area (Å²) in [5.74, 6) is 1.39. The molecule has 1 aromatic rings. The van der Waals surface area contributed by atoms with E-state index in [0.29, 0.717) is 18.9 Å². The number of nitrogens with one attached hydrogen (secondary N) is 1. The van der Waals surface area contributed by atoms with E-state index >= 15 is 0 Å². The molecule has 1 rings (SSSR count). The molecule has 3 N–H and O–H groups in total. The van der Waals surface area contributed by atoms with E-state index in [1.165, 1.54) is 0 Å². The van der Waals surface area contributed by atoms with Gasteiger partial charge in [-0.05, 0) is 49.9 Å². The fourth-order valence-corrected chi connectivity index (χ4v) is 2.11. The molecule has 0 bridgehead atoms. The molecule has 1 unspecified atom stereocenters. The summed E-state index contributed by atoms with van der Waals surface area (Å²) in [4.78, 5) is 11.9. The van der Waals surface area contributed by atoms with Gasteiger partial charge in [-0.25, -0.2) is 0 Å². The molecular weight excluding hydrogens is 252 g/mol. The van der Waals surface area contributed by atoms with Crippen molar-refractivity contribution in [3.05, 3.63) is 29.8 Å². The Balaban J connectivity index is 2.44. The van der Waals surface area contributed by atoms with Crippen LogP contribution in [0.2, 0.25) is 0 Å². The van der Waals surface area contributed by atoms with E-state index in [4.69, 9.17) is 10.5 Å². The van der Waals surface area contributed by atoms with Gasteiger partial charge in [0.05, 0.1) is 13.2 Å². The molecule has 0 aliphatic rings. The maximum absolute atomic E-state index is 11.9. The van der Waals surface area contributed by atoms with Crippen molar-refractivity contribution in [3.8, 4) is 5.75 Å². The average Bonchev–Trinajstić information content (AvgIpc) is 2.45. The van der Waals surface area contributed by atoms with Gasteiger partial charge in [-0.1, -0.05) is 19.1 Å². The van der Waals surface area contributed by atoms with Gasteiger partial charge >= 0.3 is 0 Å². The number of amides is 1. The molecule has 0 heterocycles. The Kier molecular flexibility index (Phi) is 7.09. The van der Waals surface area contributed by atoms with Gasteiger partial charge in [0.1, 0.15) is 5.75 Å². The summed E-state index contributed by atoms with van der Waals surface area (Å²) < 4.78 is 5.19. The van der Waals surface area contributed by atoms with Gasteiger partial charge in [0.15, 0.2) is 0 Å². The van der Waals surface area contributed by atoms with Crippen molar-refractivity contribution in [3.63, 3.8) is 0 Å². The van der Waals surface area contributed by atoms with E-state index < -0.39 is 0 Å². The molecule has 0 aliphatic carbocycles. The molecule has 0 fully saturated rings. The smallest absolute Gasteiger partial charge is 0.220 e. The molecule has 0 radical (unpaired) electrons. The van der Waals surface area contributed by atoms with Gasteiger partial charge < -0.3 is 15.8 Å². The van der Waals surface area contributed by atoms with Crippen LogP contribution in [0.4, 0.5) is 0 Å². The van der Waals surface area contributed by atoms with E-state index in [-0.39, 0.29) is 11.9 Å². The highest BCUT2D eigenvalue weighted by Gasteiger charge is 2.11. The van der Waals surface area contributed by atoms with Crippen LogP contribution in [0.15, 0.2) is 24.3 Å². The minimum Gasteiger partial charge on any atom is -0.497 e. The summed E-state index contributed by atoms with van der Waals surface area (Å²) in [7, 11) is 1.64. The molecule has 1 amide bonds. The number of carbonyl (C=O) groups is 1. The van der Waals surface area contributed by atoms with E-state index in [2.05, 4.69) is 12.2 Å². The van der Waals surface area contributed by atoms with Crippen molar-refractivity contribution in [1.82, 2.24) is 5.32 Å². The van der Waals surface area contributed by atoms with E-state index in [1.54, 1.807) is 7.11 Å². The lowest BCUT2D eigenvalue weighted by Crippen LogP contribution is -2.26. The Hall–Kier alpha value is -1.55. The minimum absolute atomic E-state index is 0.0117. The van der Waals surface area contributed by atoms with Gasteiger partial charge in [0.25, 0.3) is 0 Å². The second kappa shape index (κ2) is 8.59. The molecule has 20 heavy (non-hydrogen) atoms. The largest absolute Gasteiger partial charge is 0.497 e. The maximum Gasteiger partial charge on any atom is 0.220 e. The second-order valence-corrected chi connectivity index (χ2v) is 5.29. The molecule has 0 aromatic heterocycles. The summed E-state index contributed by atoms with van der Waals surface area (Å²) in [5.41, 5.74) is 6.56. The summed E-state index contributed by atoms with van der Waals surface area (Å²) in [6.07, 6.45) is 2.40. The van der Waals surface area contributed by atoms with Gasteiger partial charge in [-0.15, -0.1) is 0 Å². The molecule has 0 saturated heterocycles. The topological polar surface area (TPSA) is 64.3 Å². The molecule has 1 aromatic carbocycles. The predicted octanol–water partition coefficient (Wildman–Crippen LogP) is 2.64. The number of nitrogens with two attached hydrogens (primary N) is 1. The van der Waals surface area contributed by atoms with E-state index in [1.807, 2.05) is 31.2 Å². The van der Waals surface area contributed by atoms with Crippen molar-refractivity contribution < 1.29 is 9.53 Å². The Morgan fingerprint density at radius 3 is 2.75 bits per heavy atom. The first-order valence-corrected chi connectivity index (χ1v) is 7.20. The Bertz CT molecular complexity index is 421. The molecular formula is C16H26N2O2. The third-order valence-electron chi connectivity index (χ3n) is 3.49. The number of benzene rings is 1. The lowest BCUT2D eigenvalue weighted by Gasteiger charge is -2.16. The maximum atomic E-state index is 11.9. The zero-order valence-corrected chi connectivity index (χ0v) is 12.7. The molecule has 2 atom stereocenters. The third kappa shape index (κ3) is 5.61. The van der Waals surface area contributed by atoms with Crippen molar-refractivity contribution >= 4 is 5.91 Å². The molecule has 0 aliphatic heterocycles. The summed E-state index contributed by atoms with van der Waals surface area (Å²) in [6.45, 7) is 4.80. The van der Waals surface area contributed by atoms with E-state index in [9.17, 15) is 4.79 Å². The first-order chi connectivity index (χ1) is 9.56. The molecule has 0 spiro atoms. The number of hydrogen-bond acceptors (Lipinski definition) is 3. The summed E-state index contributed by atoms with van der Waals surface area (Å²) in [5, 5.41) is 3.02. The van der Waals surface area contributed by atoms with Crippen LogP contribution in [0.1, 0.15) is 44.7 Å². The highest BCUT2D eigenvalue weighted by Crippen LogP contribution is 2.19. The van der Waals surface area contributed by atoms with Crippen molar-refractivity contribution in [2.75, 3.05) is 13.7 Å². The third-order valence-corrected chi connectivity index (χ3v) is 3.49. The van der Waals surface area contributed by atoms with Crippen LogP contribution in [0.3, 0.4) is 0 Å². The predicted molar refractivity (Wildman–Crippen MR) is 81.6 cm³/mol. The fraction of sp³-hybridized carbons (Fsp3) is 0.562. The lowest BCUT2D eigenvalue weighted by molar-refractivity contribution is -0.122. The Morgan fingerprint density at radius 2 is 2.10 bits per heavy atom. The van der Waals surface area contributed by atoms with Gasteiger partial charge in [0, 0.05) is 6.42 Å². The normalized spacial score (nSPS) is 13.6. The highest BCUT2D eigenvalue weighted by molar-refractivity contribution is 5.76. The minimum atomic E-state index is -0.0117. The van der Waals surface area contributed by atoms with Crippen LogP contribution >= 0.6 is 0 Å². The van der Waals surface area contributed by atoms with E-state index in [0.717, 1.165) is 24.2 Å². The highest BCUT2D eigenvalue weighted by atomic mass is 16.5. The Morgan fingerprint density at radius 1 is 1.35 bits per heavy atom. The Labute approximate surface area is 121 Å². The van der Waals surface area contributed by atoms with Crippen molar-refractivity contribution in [1.29, 1.82) is 0 Å². The number of rotatable bonds is 8. The zero-order valence-electron chi connectivity index (χ0n) is 12.7. The zero-order chi connectivity index (χ0) is 15.0. The molecule has 4 heteroatoms. The number of hydrogen-bond donors (Lipinski definition) is 2. The summed E-state index contributed by atoms with van der Waals surface area (Å²) in [6, 6.07) is 7.75. The van der Waals surface area contributed by atoms with Crippen LogP contribution in [0.25, 0.3) is 0 Å². The first kappa shape index (κ1) is 16.5. The number of carbonyl (C=O) groups excluding carboxylic acids is 1. The van der Waals surface area contributed by atoms with Crippen LogP contribution in [0.5, 0.6) is 5.75 Å². The first-order valence-electron chi connectivity index (χ1n) is 7.20. The van der Waals surface area contributed by atoms with Crippen LogP contribution in [0, 0.1) is 5.92 Å². The van der Waals surface area contributed by atoms with Crippen LogP contribution in [-0.4, -0.2) is 19.6 Å². The molecule has 0 saturated carbocycles. The standard InChI is InChI=1S/C16H26N2O2/c1-12(9-10-17)7-8-16(19)18-13(2)14-5-4-6-15(11-14)20-3/h4-6,11-13H,7-10,17H2,1-3H3,(H,18,19)/t12?,13-/m0/s1. The SMILES string of the molecule is COc1cccc([C@H](C)NC(=O)CCC(C)CCN)c1. The fourth-order valence-electron chi connectivity index (χ4n) is 2.11. The number of ether oxygens (including phenoxy) is 1. The molecule has 112 valence electrons. The monoisotopic (exact) mass is 278 g/mol. The van der Waals surface area contributed by atoms with Gasteiger partial charge in [-0.2, -0.15) is 0 Å². The van der Waals surface area contributed by atoms with Gasteiger partial charge in [0.2, 0.25) is 5.91 Å².